The van der Waals surface area contributed by atoms with Gasteiger partial charge in [0.05, 0.1) is 0 Å². The highest BCUT2D eigenvalue weighted by molar-refractivity contribution is 5.98. The average molecular weight is 257 g/mol. The highest BCUT2D eigenvalue weighted by Crippen LogP contribution is 2.20. The first-order chi connectivity index (χ1) is 9.22. The van der Waals surface area contributed by atoms with Crippen molar-refractivity contribution in [2.75, 3.05) is 5.73 Å². The lowest BCUT2D eigenvalue weighted by Gasteiger charge is -2.22. The number of fused-ring (bicyclic) bond motifs is 1. The molecule has 19 heavy (non-hydrogen) atoms. The predicted octanol–water partition coefficient (Wildman–Crippen LogP) is 2.81. The van der Waals surface area contributed by atoms with Gasteiger partial charge in [-0.05, 0) is 37.1 Å². The highest BCUT2D eigenvalue weighted by Gasteiger charge is 2.17. The first-order valence-corrected chi connectivity index (χ1v) is 6.91. The molecule has 1 amide bonds. The summed E-state index contributed by atoms with van der Waals surface area (Å²) in [6.07, 6.45) is 5.91. The Kier molecular flexibility index (Phi) is 3.15. The van der Waals surface area contributed by atoms with E-state index in [1.165, 1.54) is 19.3 Å². The summed E-state index contributed by atoms with van der Waals surface area (Å²) in [5, 5.41) is 4.09. The van der Waals surface area contributed by atoms with Gasteiger partial charge in [-0.3, -0.25) is 4.79 Å². The molecule has 0 saturated heterocycles. The number of nitrogen functional groups attached to an aromatic ring is 1. The van der Waals surface area contributed by atoms with Gasteiger partial charge in [0.1, 0.15) is 5.69 Å². The average Bonchev–Trinajstić information content (AvgIpc) is 2.83. The van der Waals surface area contributed by atoms with Gasteiger partial charge in [-0.25, -0.2) is 0 Å². The summed E-state index contributed by atoms with van der Waals surface area (Å²) in [6.45, 7) is 0. The van der Waals surface area contributed by atoms with Crippen LogP contribution in [0.3, 0.4) is 0 Å². The van der Waals surface area contributed by atoms with Crippen molar-refractivity contribution >= 4 is 22.5 Å². The summed E-state index contributed by atoms with van der Waals surface area (Å²) in [4.78, 5) is 15.3. The van der Waals surface area contributed by atoms with Gasteiger partial charge < -0.3 is 16.0 Å². The second kappa shape index (κ2) is 4.96. The summed E-state index contributed by atoms with van der Waals surface area (Å²) in [7, 11) is 0. The molecule has 1 saturated carbocycles. The Morgan fingerprint density at radius 3 is 2.79 bits per heavy atom. The van der Waals surface area contributed by atoms with Crippen molar-refractivity contribution in [3.05, 3.63) is 30.0 Å². The van der Waals surface area contributed by atoms with Crippen molar-refractivity contribution in [3.63, 3.8) is 0 Å². The number of hydrogen-bond donors (Lipinski definition) is 3. The second-order valence-electron chi connectivity index (χ2n) is 5.34. The van der Waals surface area contributed by atoms with Crippen molar-refractivity contribution in [3.8, 4) is 0 Å². The number of rotatable bonds is 2. The van der Waals surface area contributed by atoms with Gasteiger partial charge in [0, 0.05) is 22.6 Å². The Hall–Kier alpha value is -1.97. The molecule has 1 aliphatic rings. The Morgan fingerprint density at radius 2 is 2.00 bits per heavy atom. The van der Waals surface area contributed by atoms with E-state index in [0.29, 0.717) is 17.4 Å². The van der Waals surface area contributed by atoms with E-state index in [4.69, 9.17) is 5.73 Å². The molecular formula is C15H19N3O. The molecule has 1 aliphatic carbocycles. The van der Waals surface area contributed by atoms with Crippen LogP contribution in [0.5, 0.6) is 0 Å². The number of carbonyl (C=O) groups excluding carboxylic acids is 1. The van der Waals surface area contributed by atoms with Crippen molar-refractivity contribution in [2.24, 2.45) is 0 Å². The van der Waals surface area contributed by atoms with Crippen LogP contribution >= 0.6 is 0 Å². The third-order valence-electron chi connectivity index (χ3n) is 3.83. The van der Waals surface area contributed by atoms with Gasteiger partial charge in [-0.1, -0.05) is 19.3 Å². The second-order valence-corrected chi connectivity index (χ2v) is 5.34. The van der Waals surface area contributed by atoms with E-state index in [1.807, 2.05) is 24.3 Å². The van der Waals surface area contributed by atoms with Crippen molar-refractivity contribution in [1.29, 1.82) is 0 Å². The standard InChI is InChI=1S/C15H19N3O/c16-11-6-7-13-10(8-11)9-14(18-13)15(19)17-12-4-2-1-3-5-12/h6-9,12,18H,1-5,16H2,(H,17,19). The smallest absolute Gasteiger partial charge is 0.267 e. The number of aromatic amines is 1. The molecule has 3 rings (SSSR count). The Balaban J connectivity index is 1.77. The maximum absolute atomic E-state index is 12.2. The largest absolute Gasteiger partial charge is 0.399 e. The molecule has 1 fully saturated rings. The molecule has 0 radical (unpaired) electrons. The molecule has 100 valence electrons. The fourth-order valence-electron chi connectivity index (χ4n) is 2.78. The van der Waals surface area contributed by atoms with Crippen molar-refractivity contribution < 1.29 is 4.79 Å². The molecule has 4 N–H and O–H groups in total. The van der Waals surface area contributed by atoms with Gasteiger partial charge in [0.2, 0.25) is 0 Å². The van der Waals surface area contributed by atoms with E-state index in [9.17, 15) is 4.79 Å². The van der Waals surface area contributed by atoms with E-state index in [-0.39, 0.29) is 5.91 Å². The van der Waals surface area contributed by atoms with E-state index in [1.54, 1.807) is 0 Å². The number of hydrogen-bond acceptors (Lipinski definition) is 2. The summed E-state index contributed by atoms with van der Waals surface area (Å²) in [5.41, 5.74) is 8.02. The Morgan fingerprint density at radius 1 is 1.21 bits per heavy atom. The predicted molar refractivity (Wildman–Crippen MR) is 77.1 cm³/mol. The lowest BCUT2D eigenvalue weighted by atomic mass is 9.95. The Bertz CT molecular complexity index is 596. The number of carbonyl (C=O) groups is 1. The fourth-order valence-corrected chi connectivity index (χ4v) is 2.78. The van der Waals surface area contributed by atoms with Gasteiger partial charge in [-0.15, -0.1) is 0 Å². The molecular weight excluding hydrogens is 238 g/mol. The maximum atomic E-state index is 12.2. The van der Waals surface area contributed by atoms with Crippen LogP contribution in [0.2, 0.25) is 0 Å². The topological polar surface area (TPSA) is 70.9 Å². The van der Waals surface area contributed by atoms with Crippen molar-refractivity contribution in [1.82, 2.24) is 10.3 Å². The maximum Gasteiger partial charge on any atom is 0.267 e. The molecule has 2 aromatic rings. The zero-order valence-corrected chi connectivity index (χ0v) is 10.9. The lowest BCUT2D eigenvalue weighted by molar-refractivity contribution is 0.0923. The monoisotopic (exact) mass is 257 g/mol. The molecule has 0 unspecified atom stereocenters. The molecule has 0 atom stereocenters. The summed E-state index contributed by atoms with van der Waals surface area (Å²) >= 11 is 0. The van der Waals surface area contributed by atoms with Crippen LogP contribution in [0.1, 0.15) is 42.6 Å². The zero-order valence-electron chi connectivity index (χ0n) is 10.9. The van der Waals surface area contributed by atoms with Gasteiger partial charge in [0.15, 0.2) is 0 Å². The first-order valence-electron chi connectivity index (χ1n) is 6.91. The minimum Gasteiger partial charge on any atom is -0.399 e. The first kappa shape index (κ1) is 12.1. The molecule has 0 bridgehead atoms. The van der Waals surface area contributed by atoms with Gasteiger partial charge >= 0.3 is 0 Å². The zero-order chi connectivity index (χ0) is 13.2. The summed E-state index contributed by atoms with van der Waals surface area (Å²) < 4.78 is 0. The van der Waals surface area contributed by atoms with Gasteiger partial charge in [0.25, 0.3) is 5.91 Å². The Labute approximate surface area is 112 Å². The van der Waals surface area contributed by atoms with E-state index in [2.05, 4.69) is 10.3 Å². The highest BCUT2D eigenvalue weighted by atomic mass is 16.1. The molecule has 1 heterocycles. The van der Waals surface area contributed by atoms with Crippen LogP contribution in [0, 0.1) is 0 Å². The van der Waals surface area contributed by atoms with E-state index in [0.717, 1.165) is 23.7 Å². The van der Waals surface area contributed by atoms with E-state index >= 15 is 0 Å². The number of aromatic nitrogens is 1. The number of nitrogens with one attached hydrogen (secondary N) is 2. The summed E-state index contributed by atoms with van der Waals surface area (Å²) in [5.74, 6) is -0.0123. The molecule has 4 nitrogen and oxygen atoms in total. The van der Waals surface area contributed by atoms with Crippen LogP contribution < -0.4 is 11.1 Å². The summed E-state index contributed by atoms with van der Waals surface area (Å²) in [6, 6.07) is 7.81. The molecule has 1 aromatic heterocycles. The SMILES string of the molecule is Nc1ccc2[nH]c(C(=O)NC3CCCCC3)cc2c1. The van der Waals surface area contributed by atoms with Crippen LogP contribution in [0.4, 0.5) is 5.69 Å². The normalized spacial score (nSPS) is 16.6. The quantitative estimate of drug-likeness (QED) is 0.724. The number of amides is 1. The molecule has 0 aliphatic heterocycles. The number of anilines is 1. The minimum atomic E-state index is -0.0123. The van der Waals surface area contributed by atoms with Crippen LogP contribution in [0.25, 0.3) is 10.9 Å². The van der Waals surface area contributed by atoms with Gasteiger partial charge in [-0.2, -0.15) is 0 Å². The van der Waals surface area contributed by atoms with Crippen LogP contribution in [0.15, 0.2) is 24.3 Å². The lowest BCUT2D eigenvalue weighted by Crippen LogP contribution is -2.36. The number of benzene rings is 1. The molecule has 4 heteroatoms. The van der Waals surface area contributed by atoms with Crippen molar-refractivity contribution in [2.45, 2.75) is 38.1 Å². The van der Waals surface area contributed by atoms with Crippen LogP contribution in [-0.4, -0.2) is 16.9 Å². The fraction of sp³-hybridized carbons (Fsp3) is 0.400. The third-order valence-corrected chi connectivity index (χ3v) is 3.83. The molecule has 0 spiro atoms. The number of nitrogens with two attached hydrogens (primary N) is 1. The number of H-pyrrole nitrogens is 1. The van der Waals surface area contributed by atoms with E-state index < -0.39 is 0 Å². The third kappa shape index (κ3) is 2.57. The molecule has 1 aromatic carbocycles. The van der Waals surface area contributed by atoms with Crippen LogP contribution in [-0.2, 0) is 0 Å². The minimum absolute atomic E-state index is 0.0123.